The van der Waals surface area contributed by atoms with E-state index in [-0.39, 0.29) is 5.91 Å². The lowest BCUT2D eigenvalue weighted by Gasteiger charge is -2.21. The van der Waals surface area contributed by atoms with Gasteiger partial charge >= 0.3 is 0 Å². The molecule has 0 saturated heterocycles. The van der Waals surface area contributed by atoms with Crippen molar-refractivity contribution in [3.63, 3.8) is 0 Å². The first-order valence-corrected chi connectivity index (χ1v) is 7.80. The van der Waals surface area contributed by atoms with E-state index in [2.05, 4.69) is 12.2 Å². The van der Waals surface area contributed by atoms with E-state index in [1.165, 1.54) is 25.7 Å². The third-order valence-corrected chi connectivity index (χ3v) is 4.47. The molecule has 1 N–H and O–H groups in total. The summed E-state index contributed by atoms with van der Waals surface area (Å²) in [5.74, 6) is 3.16. The number of hydrogen-bond donors (Lipinski definition) is 1. The van der Waals surface area contributed by atoms with Crippen LogP contribution in [0.25, 0.3) is 6.08 Å². The van der Waals surface area contributed by atoms with Crippen molar-refractivity contribution in [3.8, 4) is 0 Å². The maximum absolute atomic E-state index is 11.9. The average molecular weight is 273 g/mol. The number of nitrogens with one attached hydrogen (secondary N) is 1. The van der Waals surface area contributed by atoms with E-state index in [0.29, 0.717) is 12.0 Å². The Hall–Kier alpha value is -1.51. The van der Waals surface area contributed by atoms with E-state index in [9.17, 15) is 4.79 Å². The highest BCUT2D eigenvalue weighted by Crippen LogP contribution is 2.47. The summed E-state index contributed by atoms with van der Waals surface area (Å²) in [6, 6.07) is 4.35. The minimum Gasteiger partial charge on any atom is -0.461 e. The molecule has 0 aliphatic heterocycles. The lowest BCUT2D eigenvalue weighted by Crippen LogP contribution is -2.34. The summed E-state index contributed by atoms with van der Waals surface area (Å²) in [6.45, 7) is 2.24. The number of rotatable bonds is 4. The predicted octanol–water partition coefficient (Wildman–Crippen LogP) is 3.87. The van der Waals surface area contributed by atoms with Crippen LogP contribution in [0.15, 0.2) is 22.6 Å². The van der Waals surface area contributed by atoms with E-state index in [4.69, 9.17) is 4.42 Å². The molecule has 2 fully saturated rings. The Bertz CT molecular complexity index is 497. The summed E-state index contributed by atoms with van der Waals surface area (Å²) >= 11 is 0. The second-order valence-electron chi connectivity index (χ2n) is 6.24. The minimum atomic E-state index is -0.00496. The first-order valence-electron chi connectivity index (χ1n) is 7.80. The Morgan fingerprint density at radius 2 is 2.05 bits per heavy atom. The standard InChI is InChI=1S/C17H23NO2/c1-12-11-15(12)16-9-7-14(20-16)8-10-17(19)18-13-5-3-2-4-6-13/h7-10,12-13,15H,2-6,11H2,1H3,(H,18,19)/b10-8-/t12-,15+/m1/s1. The van der Waals surface area contributed by atoms with Crippen molar-refractivity contribution >= 4 is 12.0 Å². The van der Waals surface area contributed by atoms with Crippen LogP contribution in [0.2, 0.25) is 0 Å². The molecule has 1 amide bonds. The van der Waals surface area contributed by atoms with Crippen LogP contribution in [0.3, 0.4) is 0 Å². The Labute approximate surface area is 120 Å². The molecule has 3 rings (SSSR count). The molecule has 2 atom stereocenters. The molecule has 0 bridgehead atoms. The number of carbonyl (C=O) groups is 1. The molecule has 2 aliphatic rings. The number of hydrogen-bond acceptors (Lipinski definition) is 2. The summed E-state index contributed by atoms with van der Waals surface area (Å²) in [5, 5.41) is 3.07. The van der Waals surface area contributed by atoms with Crippen molar-refractivity contribution in [1.29, 1.82) is 0 Å². The van der Waals surface area contributed by atoms with Gasteiger partial charge in [-0.3, -0.25) is 4.79 Å². The van der Waals surface area contributed by atoms with Crippen LogP contribution in [0.1, 0.15) is 62.9 Å². The van der Waals surface area contributed by atoms with Gasteiger partial charge in [0, 0.05) is 18.0 Å². The van der Waals surface area contributed by atoms with Crippen LogP contribution in [0, 0.1) is 5.92 Å². The molecule has 1 heterocycles. The molecule has 108 valence electrons. The Morgan fingerprint density at radius 1 is 1.30 bits per heavy atom. The van der Waals surface area contributed by atoms with Gasteiger partial charge in [-0.05, 0) is 43.4 Å². The van der Waals surface area contributed by atoms with Gasteiger partial charge in [0.2, 0.25) is 5.91 Å². The zero-order chi connectivity index (χ0) is 13.9. The fourth-order valence-electron chi connectivity index (χ4n) is 3.03. The van der Waals surface area contributed by atoms with Crippen molar-refractivity contribution in [2.45, 2.75) is 57.4 Å². The first kappa shape index (κ1) is 13.5. The Balaban J connectivity index is 1.51. The number of amides is 1. The lowest BCUT2D eigenvalue weighted by atomic mass is 9.95. The molecule has 3 heteroatoms. The highest BCUT2D eigenvalue weighted by Gasteiger charge is 2.36. The monoisotopic (exact) mass is 273 g/mol. The molecule has 2 saturated carbocycles. The van der Waals surface area contributed by atoms with E-state index in [1.54, 1.807) is 12.2 Å². The van der Waals surface area contributed by atoms with Crippen molar-refractivity contribution in [2.75, 3.05) is 0 Å². The molecule has 0 radical (unpaired) electrons. The molecule has 0 unspecified atom stereocenters. The number of furan rings is 1. The molecular formula is C17H23NO2. The molecule has 0 aromatic carbocycles. The predicted molar refractivity (Wildman–Crippen MR) is 79.3 cm³/mol. The second kappa shape index (κ2) is 5.86. The minimum absolute atomic E-state index is 0.00496. The van der Waals surface area contributed by atoms with Crippen molar-refractivity contribution in [1.82, 2.24) is 5.32 Å². The zero-order valence-corrected chi connectivity index (χ0v) is 12.1. The fourth-order valence-corrected chi connectivity index (χ4v) is 3.03. The van der Waals surface area contributed by atoms with Gasteiger partial charge in [0.15, 0.2) is 0 Å². The molecule has 1 aromatic heterocycles. The molecule has 3 nitrogen and oxygen atoms in total. The highest BCUT2D eigenvalue weighted by molar-refractivity contribution is 5.91. The van der Waals surface area contributed by atoms with E-state index in [0.717, 1.165) is 30.3 Å². The number of carbonyl (C=O) groups excluding carboxylic acids is 1. The molecule has 1 aromatic rings. The van der Waals surface area contributed by atoms with Crippen LogP contribution >= 0.6 is 0 Å². The summed E-state index contributed by atoms with van der Waals surface area (Å²) in [4.78, 5) is 11.9. The van der Waals surface area contributed by atoms with E-state index >= 15 is 0 Å². The van der Waals surface area contributed by atoms with Crippen LogP contribution in [-0.4, -0.2) is 11.9 Å². The zero-order valence-electron chi connectivity index (χ0n) is 12.1. The summed E-state index contributed by atoms with van der Waals surface area (Å²) in [5.41, 5.74) is 0. The molecule has 0 spiro atoms. The van der Waals surface area contributed by atoms with Crippen molar-refractivity contribution < 1.29 is 9.21 Å². The highest BCUT2D eigenvalue weighted by atomic mass is 16.3. The molecule has 2 aliphatic carbocycles. The SMILES string of the molecule is C[C@@H]1C[C@@H]1c1ccc(/C=C\C(=O)NC2CCCCC2)o1. The van der Waals surface area contributed by atoms with Crippen LogP contribution in [0.5, 0.6) is 0 Å². The molecular weight excluding hydrogens is 250 g/mol. The topological polar surface area (TPSA) is 42.2 Å². The largest absolute Gasteiger partial charge is 0.461 e. The Kier molecular flexibility index (Phi) is 3.95. The third kappa shape index (κ3) is 3.33. The average Bonchev–Trinajstić information content (AvgIpc) is 3.01. The van der Waals surface area contributed by atoms with Gasteiger partial charge in [-0.15, -0.1) is 0 Å². The first-order chi connectivity index (χ1) is 9.72. The van der Waals surface area contributed by atoms with Crippen molar-refractivity contribution in [2.24, 2.45) is 5.92 Å². The summed E-state index contributed by atoms with van der Waals surface area (Å²) in [7, 11) is 0. The lowest BCUT2D eigenvalue weighted by molar-refractivity contribution is -0.117. The Morgan fingerprint density at radius 3 is 2.75 bits per heavy atom. The maximum Gasteiger partial charge on any atom is 0.244 e. The van der Waals surface area contributed by atoms with E-state index in [1.807, 2.05) is 12.1 Å². The second-order valence-corrected chi connectivity index (χ2v) is 6.24. The fraction of sp³-hybridized carbons (Fsp3) is 0.588. The smallest absolute Gasteiger partial charge is 0.244 e. The van der Waals surface area contributed by atoms with E-state index < -0.39 is 0 Å². The van der Waals surface area contributed by atoms with Gasteiger partial charge in [-0.25, -0.2) is 0 Å². The van der Waals surface area contributed by atoms with Crippen LogP contribution in [-0.2, 0) is 4.79 Å². The van der Waals surface area contributed by atoms with Gasteiger partial charge in [0.1, 0.15) is 11.5 Å². The third-order valence-electron chi connectivity index (χ3n) is 4.47. The van der Waals surface area contributed by atoms with Gasteiger partial charge in [0.25, 0.3) is 0 Å². The summed E-state index contributed by atoms with van der Waals surface area (Å²) in [6.07, 6.45) is 10.6. The van der Waals surface area contributed by atoms with Gasteiger partial charge in [-0.1, -0.05) is 26.2 Å². The molecule has 20 heavy (non-hydrogen) atoms. The van der Waals surface area contributed by atoms with Crippen LogP contribution in [0.4, 0.5) is 0 Å². The maximum atomic E-state index is 11.9. The van der Waals surface area contributed by atoms with Gasteiger partial charge in [0.05, 0.1) is 0 Å². The quantitative estimate of drug-likeness (QED) is 0.846. The van der Waals surface area contributed by atoms with Crippen LogP contribution < -0.4 is 5.32 Å². The normalized spacial score (nSPS) is 26.9. The van der Waals surface area contributed by atoms with Crippen molar-refractivity contribution in [3.05, 3.63) is 29.7 Å². The summed E-state index contributed by atoms with van der Waals surface area (Å²) < 4.78 is 5.75. The van der Waals surface area contributed by atoms with Gasteiger partial charge in [-0.2, -0.15) is 0 Å². The van der Waals surface area contributed by atoms with Gasteiger partial charge < -0.3 is 9.73 Å².